The summed E-state index contributed by atoms with van der Waals surface area (Å²) < 4.78 is 16.0. The Hall–Kier alpha value is -3.12. The molecule has 0 radical (unpaired) electrons. The zero-order valence-electron chi connectivity index (χ0n) is 16.9. The Morgan fingerprint density at radius 1 is 1.10 bits per heavy atom. The van der Waals surface area contributed by atoms with E-state index in [1.165, 1.54) is 0 Å². The summed E-state index contributed by atoms with van der Waals surface area (Å²) in [5, 5.41) is 3.69. The minimum absolute atomic E-state index is 0.0615. The second kappa shape index (κ2) is 9.39. The first-order valence-electron chi connectivity index (χ1n) is 9.55. The van der Waals surface area contributed by atoms with Crippen LogP contribution in [0.1, 0.15) is 46.6 Å². The van der Waals surface area contributed by atoms with E-state index in [0.717, 1.165) is 22.9 Å². The van der Waals surface area contributed by atoms with Gasteiger partial charge in [0.1, 0.15) is 5.58 Å². The molecule has 29 heavy (non-hydrogen) atoms. The molecule has 0 unspecified atom stereocenters. The fourth-order valence-corrected chi connectivity index (χ4v) is 3.20. The lowest BCUT2D eigenvalue weighted by molar-refractivity contribution is -0.125. The van der Waals surface area contributed by atoms with Crippen LogP contribution in [0.4, 0.5) is 0 Å². The van der Waals surface area contributed by atoms with Gasteiger partial charge in [-0.05, 0) is 25.0 Å². The van der Waals surface area contributed by atoms with E-state index in [2.05, 4.69) is 5.32 Å². The van der Waals surface area contributed by atoms with Crippen LogP contribution >= 0.6 is 0 Å². The Labute approximate surface area is 169 Å². The molecule has 3 aromatic rings. The molecule has 1 N–H and O–H groups in total. The summed E-state index contributed by atoms with van der Waals surface area (Å²) in [7, 11) is 1.54. The predicted molar refractivity (Wildman–Crippen MR) is 110 cm³/mol. The van der Waals surface area contributed by atoms with Gasteiger partial charge >= 0.3 is 5.97 Å². The molecule has 152 valence electrons. The summed E-state index contributed by atoms with van der Waals surface area (Å²) in [6, 6.07) is 15.1. The molecule has 3 rings (SSSR count). The number of nitrogens with one attached hydrogen (secondary N) is 1. The molecule has 0 aliphatic rings. The van der Waals surface area contributed by atoms with E-state index in [0.29, 0.717) is 11.1 Å². The summed E-state index contributed by atoms with van der Waals surface area (Å²) in [6.07, 6.45) is 0.726. The molecule has 1 aromatic heterocycles. The number of carbonyl (C=O) groups is 2. The van der Waals surface area contributed by atoms with Crippen LogP contribution < -0.4 is 5.32 Å². The quantitative estimate of drug-likeness (QED) is 0.575. The van der Waals surface area contributed by atoms with Gasteiger partial charge in [0.2, 0.25) is 5.76 Å². The molecule has 1 heterocycles. The number of carbonyl (C=O) groups excluding carboxylic acids is 2. The fraction of sp³-hybridized carbons (Fsp3) is 0.304. The number of amides is 1. The maximum absolute atomic E-state index is 12.5. The maximum atomic E-state index is 12.5. The summed E-state index contributed by atoms with van der Waals surface area (Å²) in [5.74, 6) is -0.992. The normalized spacial score (nSPS) is 12.0. The molecule has 2 aromatic carbocycles. The van der Waals surface area contributed by atoms with Gasteiger partial charge in [0.15, 0.2) is 6.61 Å². The second-order valence-electron chi connectivity index (χ2n) is 6.85. The number of para-hydroxylation sites is 1. The topological polar surface area (TPSA) is 77.8 Å². The summed E-state index contributed by atoms with van der Waals surface area (Å²) >= 11 is 0. The van der Waals surface area contributed by atoms with Crippen LogP contribution in [0.25, 0.3) is 11.0 Å². The van der Waals surface area contributed by atoms with E-state index in [4.69, 9.17) is 13.9 Å². The molecule has 1 amide bonds. The van der Waals surface area contributed by atoms with Crippen molar-refractivity contribution in [3.63, 3.8) is 0 Å². The molecule has 0 saturated heterocycles. The van der Waals surface area contributed by atoms with Crippen molar-refractivity contribution in [1.82, 2.24) is 5.32 Å². The van der Waals surface area contributed by atoms with Gasteiger partial charge in [-0.3, -0.25) is 4.79 Å². The number of ether oxygens (including phenoxy) is 2. The third kappa shape index (κ3) is 4.84. The van der Waals surface area contributed by atoms with E-state index in [9.17, 15) is 9.59 Å². The SMILES string of the molecule is CC[C@H](NC(=O)COC(=O)c1oc2ccccc2c1COC)c1ccc(C)cc1. The van der Waals surface area contributed by atoms with Crippen LogP contribution in [0.2, 0.25) is 0 Å². The number of furan rings is 1. The summed E-state index contributed by atoms with van der Waals surface area (Å²) in [4.78, 5) is 24.9. The van der Waals surface area contributed by atoms with Crippen LogP contribution in [0.3, 0.4) is 0 Å². The van der Waals surface area contributed by atoms with Gasteiger partial charge in [0.05, 0.1) is 12.6 Å². The number of hydrogen-bond acceptors (Lipinski definition) is 5. The van der Waals surface area contributed by atoms with E-state index in [1.54, 1.807) is 13.2 Å². The maximum Gasteiger partial charge on any atom is 0.375 e. The van der Waals surface area contributed by atoms with Gasteiger partial charge in [0, 0.05) is 18.1 Å². The van der Waals surface area contributed by atoms with Gasteiger partial charge in [-0.25, -0.2) is 4.79 Å². The van der Waals surface area contributed by atoms with Crippen LogP contribution in [-0.2, 0) is 20.9 Å². The predicted octanol–water partition coefficient (Wildman–Crippen LogP) is 4.31. The minimum atomic E-state index is -0.688. The van der Waals surface area contributed by atoms with Crippen molar-refractivity contribution in [2.24, 2.45) is 0 Å². The summed E-state index contributed by atoms with van der Waals surface area (Å²) in [5.41, 5.74) is 3.35. The number of fused-ring (bicyclic) bond motifs is 1. The molecular weight excluding hydrogens is 370 g/mol. The second-order valence-corrected chi connectivity index (χ2v) is 6.85. The first-order chi connectivity index (χ1) is 14.0. The van der Waals surface area contributed by atoms with E-state index in [1.807, 2.05) is 56.3 Å². The number of benzene rings is 2. The van der Waals surface area contributed by atoms with Crippen LogP contribution in [0.15, 0.2) is 52.9 Å². The molecule has 0 aliphatic carbocycles. The van der Waals surface area contributed by atoms with Crippen molar-refractivity contribution in [3.05, 3.63) is 71.0 Å². The largest absolute Gasteiger partial charge is 0.450 e. The van der Waals surface area contributed by atoms with Crippen molar-refractivity contribution in [1.29, 1.82) is 0 Å². The molecular formula is C23H25NO5. The average Bonchev–Trinajstić information content (AvgIpc) is 3.10. The highest BCUT2D eigenvalue weighted by Gasteiger charge is 2.23. The van der Waals surface area contributed by atoms with Crippen LogP contribution in [0.5, 0.6) is 0 Å². The lowest BCUT2D eigenvalue weighted by Gasteiger charge is -2.17. The molecule has 0 spiro atoms. The third-order valence-electron chi connectivity index (χ3n) is 4.73. The highest BCUT2D eigenvalue weighted by atomic mass is 16.5. The first kappa shape index (κ1) is 20.6. The molecule has 1 atom stereocenters. The molecule has 6 nitrogen and oxygen atoms in total. The lowest BCUT2D eigenvalue weighted by atomic mass is 10.0. The average molecular weight is 395 g/mol. The number of aryl methyl sites for hydroxylation is 1. The molecule has 6 heteroatoms. The minimum Gasteiger partial charge on any atom is -0.450 e. The van der Waals surface area contributed by atoms with Crippen molar-refractivity contribution in [2.75, 3.05) is 13.7 Å². The van der Waals surface area contributed by atoms with Crippen molar-refractivity contribution >= 4 is 22.8 Å². The van der Waals surface area contributed by atoms with E-state index >= 15 is 0 Å². The van der Waals surface area contributed by atoms with E-state index in [-0.39, 0.29) is 30.9 Å². The van der Waals surface area contributed by atoms with Gasteiger partial charge in [0.25, 0.3) is 5.91 Å². The number of hydrogen-bond donors (Lipinski definition) is 1. The molecule has 0 bridgehead atoms. The summed E-state index contributed by atoms with van der Waals surface area (Å²) in [6.45, 7) is 3.82. The Bertz CT molecular complexity index is 990. The van der Waals surface area contributed by atoms with Gasteiger partial charge in [-0.15, -0.1) is 0 Å². The zero-order chi connectivity index (χ0) is 20.8. The molecule has 0 aliphatic heterocycles. The van der Waals surface area contributed by atoms with Gasteiger partial charge < -0.3 is 19.2 Å². The highest BCUT2D eigenvalue weighted by molar-refractivity contribution is 5.96. The van der Waals surface area contributed by atoms with Crippen molar-refractivity contribution in [3.8, 4) is 0 Å². The lowest BCUT2D eigenvalue weighted by Crippen LogP contribution is -2.32. The number of esters is 1. The van der Waals surface area contributed by atoms with Gasteiger partial charge in [-0.1, -0.05) is 55.0 Å². The van der Waals surface area contributed by atoms with Crippen molar-refractivity contribution in [2.45, 2.75) is 32.9 Å². The smallest absolute Gasteiger partial charge is 0.375 e. The molecule has 0 fully saturated rings. The van der Waals surface area contributed by atoms with Crippen LogP contribution in [0, 0.1) is 6.92 Å². The Morgan fingerprint density at radius 3 is 2.52 bits per heavy atom. The Kier molecular flexibility index (Phi) is 6.67. The third-order valence-corrected chi connectivity index (χ3v) is 4.73. The van der Waals surface area contributed by atoms with Gasteiger partial charge in [-0.2, -0.15) is 0 Å². The molecule has 0 saturated carbocycles. The standard InChI is InChI=1S/C23H25NO5/c1-4-19(16-11-9-15(2)10-12-16)24-21(25)14-28-23(26)22-18(13-27-3)17-7-5-6-8-20(17)29-22/h5-12,19H,4,13-14H2,1-3H3,(H,24,25)/t19-/m0/s1. The fourth-order valence-electron chi connectivity index (χ4n) is 3.20. The number of rotatable bonds is 8. The number of methoxy groups -OCH3 is 1. The highest BCUT2D eigenvalue weighted by Crippen LogP contribution is 2.27. The first-order valence-corrected chi connectivity index (χ1v) is 9.55. The zero-order valence-corrected chi connectivity index (χ0v) is 16.9. The Balaban J connectivity index is 1.65. The Morgan fingerprint density at radius 2 is 1.83 bits per heavy atom. The van der Waals surface area contributed by atoms with Crippen LogP contribution in [-0.4, -0.2) is 25.6 Å². The monoisotopic (exact) mass is 395 g/mol. The van der Waals surface area contributed by atoms with Crippen molar-refractivity contribution < 1.29 is 23.5 Å². The van der Waals surface area contributed by atoms with E-state index < -0.39 is 5.97 Å².